The molecule has 0 aliphatic heterocycles. The van der Waals surface area contributed by atoms with Gasteiger partial charge in [0.1, 0.15) is 11.5 Å². The summed E-state index contributed by atoms with van der Waals surface area (Å²) >= 11 is 5.03. The Labute approximate surface area is 182 Å². The van der Waals surface area contributed by atoms with Gasteiger partial charge in [-0.05, 0) is 68.4 Å². The highest BCUT2D eigenvalue weighted by atomic mass is 32.1. The monoisotopic (exact) mass is 429 g/mol. The molecule has 7 nitrogen and oxygen atoms in total. The van der Waals surface area contributed by atoms with Crippen LogP contribution in [-0.4, -0.2) is 30.1 Å². The van der Waals surface area contributed by atoms with E-state index in [0.29, 0.717) is 23.7 Å². The minimum atomic E-state index is -0.430. The van der Waals surface area contributed by atoms with Crippen molar-refractivity contribution in [3.8, 4) is 11.5 Å². The number of aryl methyl sites for hydroxylation is 2. The third-order valence-electron chi connectivity index (χ3n) is 4.11. The Hall–Kier alpha value is -3.13. The van der Waals surface area contributed by atoms with E-state index in [-0.39, 0.29) is 11.7 Å². The van der Waals surface area contributed by atoms with Gasteiger partial charge in [0.15, 0.2) is 11.7 Å². The number of hydrogen-bond donors (Lipinski definition) is 3. The second kappa shape index (κ2) is 11.8. The number of thiocarbonyl (C=S) groups is 1. The molecule has 3 N–H and O–H groups in total. The van der Waals surface area contributed by atoms with E-state index in [1.165, 1.54) is 0 Å². The van der Waals surface area contributed by atoms with Crippen molar-refractivity contribution in [2.45, 2.75) is 33.6 Å². The van der Waals surface area contributed by atoms with Crippen LogP contribution in [0.25, 0.3) is 0 Å². The molecule has 0 aliphatic rings. The van der Waals surface area contributed by atoms with Crippen LogP contribution in [0, 0.1) is 13.8 Å². The Bertz CT molecular complexity index is 884. The molecule has 0 fully saturated rings. The summed E-state index contributed by atoms with van der Waals surface area (Å²) in [6, 6.07) is 12.5. The maximum Gasteiger partial charge on any atom is 0.276 e. The van der Waals surface area contributed by atoms with E-state index in [4.69, 9.17) is 21.7 Å². The van der Waals surface area contributed by atoms with Crippen molar-refractivity contribution in [3.63, 3.8) is 0 Å². The van der Waals surface area contributed by atoms with E-state index in [9.17, 15) is 9.59 Å². The summed E-state index contributed by atoms with van der Waals surface area (Å²) in [5, 5.41) is 2.47. The van der Waals surface area contributed by atoms with Crippen LogP contribution in [0.4, 0.5) is 0 Å². The van der Waals surface area contributed by atoms with Crippen LogP contribution >= 0.6 is 12.2 Å². The number of benzene rings is 2. The molecule has 2 aromatic carbocycles. The first-order valence-electron chi connectivity index (χ1n) is 9.72. The summed E-state index contributed by atoms with van der Waals surface area (Å²) in [6.07, 6.45) is 2.03. The number of nitrogens with one attached hydrogen (secondary N) is 3. The van der Waals surface area contributed by atoms with Gasteiger partial charge in [0.25, 0.3) is 11.8 Å². The van der Waals surface area contributed by atoms with Gasteiger partial charge >= 0.3 is 0 Å². The van der Waals surface area contributed by atoms with Crippen LogP contribution in [0.1, 0.15) is 41.3 Å². The number of amides is 2. The Kier molecular flexibility index (Phi) is 9.08. The lowest BCUT2D eigenvalue weighted by Crippen LogP contribution is -2.49. The van der Waals surface area contributed by atoms with Crippen LogP contribution in [0.5, 0.6) is 11.5 Å². The minimum Gasteiger partial charge on any atom is -0.494 e. The van der Waals surface area contributed by atoms with Gasteiger partial charge < -0.3 is 9.47 Å². The van der Waals surface area contributed by atoms with Gasteiger partial charge in [-0.25, -0.2) is 0 Å². The summed E-state index contributed by atoms with van der Waals surface area (Å²) < 4.78 is 11.1. The summed E-state index contributed by atoms with van der Waals surface area (Å²) in [7, 11) is 0. The van der Waals surface area contributed by atoms with Gasteiger partial charge in [0.2, 0.25) is 0 Å². The second-order valence-corrected chi connectivity index (χ2v) is 7.15. The lowest BCUT2D eigenvalue weighted by molar-refractivity contribution is -0.123. The van der Waals surface area contributed by atoms with E-state index in [2.05, 4.69) is 23.1 Å². The predicted octanol–water partition coefficient (Wildman–Crippen LogP) is 3.20. The van der Waals surface area contributed by atoms with Crippen molar-refractivity contribution in [3.05, 3.63) is 59.2 Å². The van der Waals surface area contributed by atoms with E-state index in [1.54, 1.807) is 24.3 Å². The molecule has 30 heavy (non-hydrogen) atoms. The fourth-order valence-corrected chi connectivity index (χ4v) is 2.65. The lowest BCUT2D eigenvalue weighted by atomic mass is 10.1. The highest BCUT2D eigenvalue weighted by molar-refractivity contribution is 7.80. The van der Waals surface area contributed by atoms with E-state index in [0.717, 1.165) is 24.0 Å². The van der Waals surface area contributed by atoms with Crippen molar-refractivity contribution in [1.82, 2.24) is 16.2 Å². The SMILES string of the molecule is CCCCOc1ccc(C(=O)NC(=S)NNC(=O)COc2ccc(C)cc2C)cc1. The van der Waals surface area contributed by atoms with Gasteiger partial charge in [0, 0.05) is 5.56 Å². The van der Waals surface area contributed by atoms with Crippen molar-refractivity contribution in [1.29, 1.82) is 0 Å². The Balaban J connectivity index is 1.72. The lowest BCUT2D eigenvalue weighted by Gasteiger charge is -2.12. The fraction of sp³-hybridized carbons (Fsp3) is 0.318. The maximum atomic E-state index is 12.2. The summed E-state index contributed by atoms with van der Waals surface area (Å²) in [4.78, 5) is 24.1. The second-order valence-electron chi connectivity index (χ2n) is 6.74. The zero-order chi connectivity index (χ0) is 21.9. The van der Waals surface area contributed by atoms with Crippen LogP contribution in [-0.2, 0) is 4.79 Å². The first-order valence-corrected chi connectivity index (χ1v) is 10.1. The smallest absolute Gasteiger partial charge is 0.276 e. The molecular formula is C22H27N3O4S. The number of unbranched alkanes of at least 4 members (excludes halogenated alkanes) is 1. The first-order chi connectivity index (χ1) is 14.4. The third kappa shape index (κ3) is 7.71. The summed E-state index contributed by atoms with van der Waals surface area (Å²) in [5.41, 5.74) is 7.36. The standard InChI is InChI=1S/C22H27N3O4S/c1-4-5-12-28-18-9-7-17(8-10-18)21(27)23-22(30)25-24-20(26)14-29-19-11-6-15(2)13-16(19)3/h6-11,13H,4-5,12,14H2,1-3H3,(H,24,26)(H2,23,25,27,30). The predicted molar refractivity (Wildman–Crippen MR) is 120 cm³/mol. The largest absolute Gasteiger partial charge is 0.494 e. The Morgan fingerprint density at radius 3 is 2.40 bits per heavy atom. The van der Waals surface area contributed by atoms with Crippen molar-refractivity contribution in [2.24, 2.45) is 0 Å². The number of hydrazine groups is 1. The number of hydrogen-bond acceptors (Lipinski definition) is 5. The van der Waals surface area contributed by atoms with Crippen LogP contribution in [0.15, 0.2) is 42.5 Å². The summed E-state index contributed by atoms with van der Waals surface area (Å²) in [6.45, 7) is 6.44. The maximum absolute atomic E-state index is 12.2. The Morgan fingerprint density at radius 2 is 1.73 bits per heavy atom. The Morgan fingerprint density at radius 1 is 1.00 bits per heavy atom. The molecule has 0 bridgehead atoms. The van der Waals surface area contributed by atoms with Gasteiger partial charge in [-0.3, -0.25) is 25.8 Å². The third-order valence-corrected chi connectivity index (χ3v) is 4.32. The fourth-order valence-electron chi connectivity index (χ4n) is 2.51. The van der Waals surface area contributed by atoms with Crippen LogP contribution < -0.4 is 25.6 Å². The molecular weight excluding hydrogens is 402 g/mol. The normalized spacial score (nSPS) is 10.1. The molecule has 2 aromatic rings. The molecule has 2 rings (SSSR count). The molecule has 2 amide bonds. The van der Waals surface area contributed by atoms with Crippen LogP contribution in [0.2, 0.25) is 0 Å². The molecule has 0 atom stereocenters. The molecule has 0 saturated heterocycles. The molecule has 0 saturated carbocycles. The molecule has 0 aromatic heterocycles. The van der Waals surface area contributed by atoms with E-state index < -0.39 is 11.8 Å². The van der Waals surface area contributed by atoms with Crippen LogP contribution in [0.3, 0.4) is 0 Å². The molecule has 0 unspecified atom stereocenters. The molecule has 0 spiro atoms. The number of carbonyl (C=O) groups excluding carboxylic acids is 2. The highest BCUT2D eigenvalue weighted by Crippen LogP contribution is 2.18. The van der Waals surface area contributed by atoms with Gasteiger partial charge in [-0.15, -0.1) is 0 Å². The van der Waals surface area contributed by atoms with E-state index in [1.807, 2.05) is 32.0 Å². The minimum absolute atomic E-state index is 0.0249. The molecule has 0 radical (unpaired) electrons. The number of ether oxygens (including phenoxy) is 2. The van der Waals surface area contributed by atoms with Gasteiger partial charge in [-0.1, -0.05) is 31.0 Å². The molecule has 8 heteroatoms. The number of carbonyl (C=O) groups is 2. The van der Waals surface area contributed by atoms with Crippen molar-refractivity contribution < 1.29 is 19.1 Å². The topological polar surface area (TPSA) is 88.7 Å². The average molecular weight is 430 g/mol. The quantitative estimate of drug-likeness (QED) is 0.339. The highest BCUT2D eigenvalue weighted by Gasteiger charge is 2.10. The molecule has 160 valence electrons. The van der Waals surface area contributed by atoms with E-state index >= 15 is 0 Å². The molecule has 0 heterocycles. The van der Waals surface area contributed by atoms with Gasteiger partial charge in [-0.2, -0.15) is 0 Å². The first kappa shape index (κ1) is 23.2. The van der Waals surface area contributed by atoms with Crippen molar-refractivity contribution in [2.75, 3.05) is 13.2 Å². The average Bonchev–Trinajstić information content (AvgIpc) is 2.72. The van der Waals surface area contributed by atoms with Crippen molar-refractivity contribution >= 4 is 29.1 Å². The molecule has 0 aliphatic carbocycles. The number of rotatable bonds is 8. The summed E-state index contributed by atoms with van der Waals surface area (Å²) in [5.74, 6) is 0.513. The zero-order valence-electron chi connectivity index (χ0n) is 17.4. The zero-order valence-corrected chi connectivity index (χ0v) is 18.2. The van der Waals surface area contributed by atoms with Gasteiger partial charge in [0.05, 0.1) is 6.61 Å².